The molecule has 2 aromatic heterocycles. The molecule has 0 amide bonds. The van der Waals surface area contributed by atoms with Gasteiger partial charge in [-0.25, -0.2) is 4.68 Å². The molecule has 2 aromatic carbocycles. The summed E-state index contributed by atoms with van der Waals surface area (Å²) < 4.78 is 2.99. The Bertz CT molecular complexity index is 1250. The number of nitrogen functional groups attached to an aromatic ring is 1. The molecule has 2 heterocycles. The van der Waals surface area contributed by atoms with Crippen molar-refractivity contribution in [2.45, 2.75) is 13.8 Å². The molecule has 0 atom stereocenters. The summed E-state index contributed by atoms with van der Waals surface area (Å²) in [6, 6.07) is 21.2. The Morgan fingerprint density at radius 3 is 2.48 bits per heavy atom. The molecule has 4 aromatic rings. The zero-order chi connectivity index (χ0) is 20.4. The largest absolute Gasteiger partial charge is 0.384 e. The molecule has 0 radical (unpaired) electrons. The zero-order valence-corrected chi connectivity index (χ0v) is 16.3. The molecule has 0 bridgehead atoms. The number of nitrogens with two attached hydrogens (primary N) is 1. The number of hydrogen-bond acceptors (Lipinski definition) is 4. The number of rotatable bonds is 4. The molecular formula is C23H21N5O. The van der Waals surface area contributed by atoms with Crippen LogP contribution in [-0.2, 0) is 0 Å². The molecule has 0 spiro atoms. The van der Waals surface area contributed by atoms with Crippen molar-refractivity contribution in [2.24, 2.45) is 5.10 Å². The Hall–Kier alpha value is -3.93. The quantitative estimate of drug-likeness (QED) is 0.545. The Labute approximate surface area is 168 Å². The number of nitrogens with zero attached hydrogens (tertiary/aromatic N) is 4. The number of para-hydroxylation sites is 1. The molecule has 0 fully saturated rings. The highest BCUT2D eigenvalue weighted by Crippen LogP contribution is 2.23. The summed E-state index contributed by atoms with van der Waals surface area (Å²) in [6.45, 7) is 3.86. The van der Waals surface area contributed by atoms with Gasteiger partial charge in [0.2, 0.25) is 0 Å². The van der Waals surface area contributed by atoms with Crippen LogP contribution in [0.25, 0.3) is 16.9 Å². The second kappa shape index (κ2) is 7.59. The van der Waals surface area contributed by atoms with Gasteiger partial charge in [0.1, 0.15) is 11.5 Å². The minimum Gasteiger partial charge on any atom is -0.384 e. The number of aromatic nitrogens is 3. The Morgan fingerprint density at radius 2 is 1.76 bits per heavy atom. The van der Waals surface area contributed by atoms with Gasteiger partial charge >= 0.3 is 0 Å². The predicted octanol–water partition coefficient (Wildman–Crippen LogP) is 3.78. The lowest BCUT2D eigenvalue weighted by molar-refractivity contribution is 0.843. The van der Waals surface area contributed by atoms with E-state index in [1.165, 1.54) is 10.7 Å². The third kappa shape index (κ3) is 3.87. The average Bonchev–Trinajstić information content (AvgIpc) is 3.12. The van der Waals surface area contributed by atoms with Crippen LogP contribution in [-0.4, -0.2) is 20.7 Å². The molecule has 2 N–H and O–H groups in total. The second-order valence-electron chi connectivity index (χ2n) is 6.93. The van der Waals surface area contributed by atoms with E-state index in [1.54, 1.807) is 17.0 Å². The van der Waals surface area contributed by atoms with Gasteiger partial charge in [0, 0.05) is 23.4 Å². The third-order valence-electron chi connectivity index (χ3n) is 4.55. The van der Waals surface area contributed by atoms with E-state index in [2.05, 4.69) is 11.2 Å². The smallest absolute Gasteiger partial charge is 0.273 e. The van der Waals surface area contributed by atoms with Gasteiger partial charge in [-0.05, 0) is 43.7 Å². The molecule has 0 aliphatic rings. The summed E-state index contributed by atoms with van der Waals surface area (Å²) in [5, 5.41) is 9.10. The van der Waals surface area contributed by atoms with Gasteiger partial charge in [-0.1, -0.05) is 42.0 Å². The first kappa shape index (κ1) is 18.4. The number of anilines is 1. The summed E-state index contributed by atoms with van der Waals surface area (Å²) in [7, 11) is 0. The Balaban J connectivity index is 1.84. The van der Waals surface area contributed by atoms with E-state index in [0.717, 1.165) is 33.6 Å². The van der Waals surface area contributed by atoms with Crippen LogP contribution in [0.5, 0.6) is 0 Å². The first-order valence-electron chi connectivity index (χ1n) is 9.27. The highest BCUT2D eigenvalue weighted by molar-refractivity contribution is 5.88. The van der Waals surface area contributed by atoms with E-state index >= 15 is 0 Å². The van der Waals surface area contributed by atoms with Gasteiger partial charge in [0.25, 0.3) is 5.56 Å². The second-order valence-corrected chi connectivity index (χ2v) is 6.93. The molecular weight excluding hydrogens is 362 g/mol. The van der Waals surface area contributed by atoms with Crippen LogP contribution >= 0.6 is 0 Å². The predicted molar refractivity (Wildman–Crippen MR) is 117 cm³/mol. The minimum absolute atomic E-state index is 0.272. The van der Waals surface area contributed by atoms with Gasteiger partial charge in [0.15, 0.2) is 0 Å². The van der Waals surface area contributed by atoms with Crippen molar-refractivity contribution in [2.75, 3.05) is 5.73 Å². The number of hydrogen-bond donors (Lipinski definition) is 1. The van der Waals surface area contributed by atoms with Crippen LogP contribution in [0.4, 0.5) is 5.82 Å². The van der Waals surface area contributed by atoms with Gasteiger partial charge in [-0.15, -0.1) is 0 Å². The molecule has 0 aliphatic heterocycles. The summed E-state index contributed by atoms with van der Waals surface area (Å²) >= 11 is 0. The van der Waals surface area contributed by atoms with Crippen LogP contribution in [0.15, 0.2) is 82.8 Å². The summed E-state index contributed by atoms with van der Waals surface area (Å²) in [6.07, 6.45) is 3.52. The van der Waals surface area contributed by atoms with Crippen molar-refractivity contribution in [3.8, 4) is 16.9 Å². The van der Waals surface area contributed by atoms with E-state index in [-0.39, 0.29) is 5.56 Å². The summed E-state index contributed by atoms with van der Waals surface area (Å²) in [5.41, 5.74) is 11.1. The first-order valence-corrected chi connectivity index (χ1v) is 9.27. The molecule has 4 rings (SSSR count). The Kier molecular flexibility index (Phi) is 4.83. The summed E-state index contributed by atoms with van der Waals surface area (Å²) in [5.74, 6) is 0.291. The molecule has 144 valence electrons. The normalized spacial score (nSPS) is 11.2. The SMILES string of the molecule is Cc1cccc(-c2nn(-c3ccccc3)cc2/C=N\n2c(N)cc(C)cc2=O)c1. The monoisotopic (exact) mass is 383 g/mol. The fraction of sp³-hybridized carbons (Fsp3) is 0.0870. The third-order valence-corrected chi connectivity index (χ3v) is 4.55. The van der Waals surface area contributed by atoms with Crippen molar-refractivity contribution in [1.29, 1.82) is 0 Å². The van der Waals surface area contributed by atoms with E-state index < -0.39 is 0 Å². The highest BCUT2D eigenvalue weighted by Gasteiger charge is 2.12. The molecule has 0 saturated heterocycles. The van der Waals surface area contributed by atoms with Crippen molar-refractivity contribution in [1.82, 2.24) is 14.5 Å². The standard InChI is InChI=1S/C23H21N5O/c1-16-7-6-8-18(11-16)23-19(15-27(26-23)20-9-4-3-5-10-20)14-25-28-21(24)12-17(2)13-22(28)29/h3-15H,24H2,1-2H3/b25-14-. The van der Waals surface area contributed by atoms with Crippen LogP contribution < -0.4 is 11.3 Å². The van der Waals surface area contributed by atoms with Crippen molar-refractivity contribution < 1.29 is 0 Å². The molecule has 0 aliphatic carbocycles. The molecule has 6 heteroatoms. The van der Waals surface area contributed by atoms with Crippen LogP contribution in [0.1, 0.15) is 16.7 Å². The lowest BCUT2D eigenvalue weighted by Crippen LogP contribution is -2.19. The fourth-order valence-electron chi connectivity index (χ4n) is 3.17. The number of pyridine rings is 1. The van der Waals surface area contributed by atoms with E-state index in [1.807, 2.05) is 68.6 Å². The topological polar surface area (TPSA) is 78.2 Å². The lowest BCUT2D eigenvalue weighted by Gasteiger charge is -2.04. The Morgan fingerprint density at radius 1 is 0.966 bits per heavy atom. The molecule has 29 heavy (non-hydrogen) atoms. The van der Waals surface area contributed by atoms with E-state index in [0.29, 0.717) is 5.82 Å². The first-order chi connectivity index (χ1) is 14.0. The molecule has 0 unspecified atom stereocenters. The lowest BCUT2D eigenvalue weighted by atomic mass is 10.1. The van der Waals surface area contributed by atoms with Gasteiger partial charge < -0.3 is 5.73 Å². The number of benzene rings is 2. The van der Waals surface area contributed by atoms with Crippen molar-refractivity contribution in [3.63, 3.8) is 0 Å². The maximum Gasteiger partial charge on any atom is 0.273 e. The fourth-order valence-corrected chi connectivity index (χ4v) is 3.17. The van der Waals surface area contributed by atoms with Crippen LogP contribution in [0.2, 0.25) is 0 Å². The van der Waals surface area contributed by atoms with Crippen LogP contribution in [0.3, 0.4) is 0 Å². The van der Waals surface area contributed by atoms with Crippen molar-refractivity contribution in [3.05, 3.63) is 100.0 Å². The number of aryl methyl sites for hydroxylation is 2. The molecule has 6 nitrogen and oxygen atoms in total. The van der Waals surface area contributed by atoms with Crippen LogP contribution in [0, 0.1) is 13.8 Å². The minimum atomic E-state index is -0.272. The maximum atomic E-state index is 12.3. The molecule has 0 saturated carbocycles. The van der Waals surface area contributed by atoms with Crippen molar-refractivity contribution >= 4 is 12.0 Å². The van der Waals surface area contributed by atoms with Gasteiger partial charge in [-0.3, -0.25) is 4.79 Å². The van der Waals surface area contributed by atoms with E-state index in [4.69, 9.17) is 10.8 Å². The zero-order valence-electron chi connectivity index (χ0n) is 16.3. The summed E-state index contributed by atoms with van der Waals surface area (Å²) in [4.78, 5) is 12.3. The maximum absolute atomic E-state index is 12.3. The average molecular weight is 383 g/mol. The van der Waals surface area contributed by atoms with Gasteiger partial charge in [-0.2, -0.15) is 14.9 Å². The van der Waals surface area contributed by atoms with Gasteiger partial charge in [0.05, 0.1) is 11.9 Å². The highest BCUT2D eigenvalue weighted by atomic mass is 16.1. The van der Waals surface area contributed by atoms with E-state index in [9.17, 15) is 4.79 Å².